The fraction of sp³-hybridized carbons (Fsp3) is 1.00. The molecule has 0 radical (unpaired) electrons. The van der Waals surface area contributed by atoms with Gasteiger partial charge in [-0.3, -0.25) is 0 Å². The molecular weight excluding hydrogens is 247 g/mol. The van der Waals surface area contributed by atoms with Crippen LogP contribution >= 0.6 is 0 Å². The van der Waals surface area contributed by atoms with E-state index >= 15 is 0 Å². The highest BCUT2D eigenvalue weighted by molar-refractivity contribution is 7.87. The summed E-state index contributed by atoms with van der Waals surface area (Å²) < 4.78 is 61.4. The van der Waals surface area contributed by atoms with Crippen LogP contribution in [-0.4, -0.2) is 40.3 Å². The van der Waals surface area contributed by atoms with Crippen LogP contribution in [0.5, 0.6) is 0 Å². The SMILES string of the molecule is O=S(=O)(NCC(F)(F)F)N[C@H]1CCCNC1. The molecule has 0 aromatic heterocycles. The molecule has 3 N–H and O–H groups in total. The molecule has 0 spiro atoms. The molecule has 0 saturated carbocycles. The molecule has 0 amide bonds. The summed E-state index contributed by atoms with van der Waals surface area (Å²) in [4.78, 5) is 0. The van der Waals surface area contributed by atoms with E-state index in [0.29, 0.717) is 13.0 Å². The first-order chi connectivity index (χ1) is 7.29. The maximum Gasteiger partial charge on any atom is 0.402 e. The van der Waals surface area contributed by atoms with E-state index < -0.39 is 22.9 Å². The van der Waals surface area contributed by atoms with Gasteiger partial charge in [-0.2, -0.15) is 31.0 Å². The Morgan fingerprint density at radius 2 is 2.06 bits per heavy atom. The Morgan fingerprint density at radius 3 is 2.56 bits per heavy atom. The third kappa shape index (κ3) is 5.64. The van der Waals surface area contributed by atoms with Crippen molar-refractivity contribution in [1.82, 2.24) is 14.8 Å². The Bertz CT molecular complexity index is 311. The average molecular weight is 261 g/mol. The van der Waals surface area contributed by atoms with Crippen LogP contribution in [0.4, 0.5) is 13.2 Å². The molecule has 1 heterocycles. The molecule has 0 aromatic rings. The first kappa shape index (κ1) is 13.7. The second kappa shape index (κ2) is 5.30. The lowest BCUT2D eigenvalue weighted by Gasteiger charge is -2.23. The largest absolute Gasteiger partial charge is 0.402 e. The number of rotatable bonds is 4. The Morgan fingerprint density at radius 1 is 1.38 bits per heavy atom. The van der Waals surface area contributed by atoms with Crippen molar-refractivity contribution in [2.45, 2.75) is 25.1 Å². The summed E-state index contributed by atoms with van der Waals surface area (Å²) in [5, 5.41) is 2.95. The molecule has 16 heavy (non-hydrogen) atoms. The van der Waals surface area contributed by atoms with E-state index in [1.54, 1.807) is 0 Å². The zero-order chi connectivity index (χ0) is 12.2. The summed E-state index contributed by atoms with van der Waals surface area (Å²) in [5.74, 6) is 0. The zero-order valence-electron chi connectivity index (χ0n) is 8.47. The molecule has 0 unspecified atom stereocenters. The highest BCUT2D eigenvalue weighted by Gasteiger charge is 2.30. The summed E-state index contributed by atoms with van der Waals surface area (Å²) in [7, 11) is -4.07. The third-order valence-corrected chi connectivity index (χ3v) is 3.25. The lowest BCUT2D eigenvalue weighted by molar-refractivity contribution is -0.121. The van der Waals surface area contributed by atoms with Gasteiger partial charge in [-0.15, -0.1) is 0 Å². The van der Waals surface area contributed by atoms with Gasteiger partial charge in [-0.1, -0.05) is 0 Å². The molecule has 1 aliphatic rings. The summed E-state index contributed by atoms with van der Waals surface area (Å²) in [5.41, 5.74) is 0. The molecule has 1 atom stereocenters. The van der Waals surface area contributed by atoms with E-state index in [0.717, 1.165) is 13.0 Å². The van der Waals surface area contributed by atoms with Gasteiger partial charge >= 0.3 is 6.18 Å². The van der Waals surface area contributed by atoms with Gasteiger partial charge in [0.1, 0.15) is 6.54 Å². The van der Waals surface area contributed by atoms with Gasteiger partial charge in [0.25, 0.3) is 10.2 Å². The maximum absolute atomic E-state index is 11.8. The molecule has 1 fully saturated rings. The van der Waals surface area contributed by atoms with Crippen molar-refractivity contribution in [1.29, 1.82) is 0 Å². The van der Waals surface area contributed by atoms with Crippen LogP contribution in [0.25, 0.3) is 0 Å². The topological polar surface area (TPSA) is 70.2 Å². The van der Waals surface area contributed by atoms with Gasteiger partial charge in [0.2, 0.25) is 0 Å². The van der Waals surface area contributed by atoms with E-state index in [1.165, 1.54) is 4.72 Å². The minimum atomic E-state index is -4.54. The fourth-order valence-corrected chi connectivity index (χ4v) is 2.47. The quantitative estimate of drug-likeness (QED) is 0.652. The summed E-state index contributed by atoms with van der Waals surface area (Å²) in [6, 6.07) is -0.348. The molecular formula is C7H14F3N3O2S. The van der Waals surface area contributed by atoms with Crippen molar-refractivity contribution in [3.63, 3.8) is 0 Å². The Hall–Kier alpha value is -0.380. The second-order valence-electron chi connectivity index (χ2n) is 3.60. The second-order valence-corrected chi connectivity index (χ2v) is 5.13. The van der Waals surface area contributed by atoms with Crippen molar-refractivity contribution in [2.75, 3.05) is 19.6 Å². The predicted molar refractivity (Wildman–Crippen MR) is 52.0 cm³/mol. The minimum Gasteiger partial charge on any atom is -0.315 e. The van der Waals surface area contributed by atoms with Crippen LogP contribution in [0, 0.1) is 0 Å². The van der Waals surface area contributed by atoms with Crippen LogP contribution < -0.4 is 14.8 Å². The molecule has 1 aliphatic heterocycles. The third-order valence-electron chi connectivity index (χ3n) is 2.08. The first-order valence-electron chi connectivity index (χ1n) is 4.83. The summed E-state index contributed by atoms with van der Waals surface area (Å²) >= 11 is 0. The molecule has 1 rings (SSSR count). The van der Waals surface area contributed by atoms with Gasteiger partial charge in [-0.05, 0) is 19.4 Å². The van der Waals surface area contributed by atoms with Gasteiger partial charge < -0.3 is 5.32 Å². The van der Waals surface area contributed by atoms with Gasteiger partial charge in [0.15, 0.2) is 0 Å². The normalized spacial score (nSPS) is 23.3. The fourth-order valence-electron chi connectivity index (χ4n) is 1.39. The monoisotopic (exact) mass is 261 g/mol. The maximum atomic E-state index is 11.8. The van der Waals surface area contributed by atoms with E-state index in [4.69, 9.17) is 0 Å². The lowest BCUT2D eigenvalue weighted by Crippen LogP contribution is -2.50. The minimum absolute atomic E-state index is 0.348. The van der Waals surface area contributed by atoms with Gasteiger partial charge in [-0.25, -0.2) is 0 Å². The molecule has 5 nitrogen and oxygen atoms in total. The Labute approximate surface area is 92.0 Å². The smallest absolute Gasteiger partial charge is 0.315 e. The number of piperidine rings is 1. The molecule has 0 bridgehead atoms. The zero-order valence-corrected chi connectivity index (χ0v) is 9.29. The Kier molecular flexibility index (Phi) is 4.53. The van der Waals surface area contributed by atoms with Crippen LogP contribution in [0.3, 0.4) is 0 Å². The molecule has 9 heteroatoms. The van der Waals surface area contributed by atoms with Gasteiger partial charge in [0, 0.05) is 12.6 Å². The van der Waals surface area contributed by atoms with Crippen molar-refractivity contribution < 1.29 is 21.6 Å². The summed E-state index contributed by atoms with van der Waals surface area (Å²) in [6.45, 7) is -0.316. The number of hydrogen-bond acceptors (Lipinski definition) is 3. The van der Waals surface area contributed by atoms with Crippen molar-refractivity contribution in [3.8, 4) is 0 Å². The highest BCUT2D eigenvalue weighted by Crippen LogP contribution is 2.12. The standard InChI is InChI=1S/C7H14F3N3O2S/c8-7(9,10)5-12-16(14,15)13-6-2-1-3-11-4-6/h6,11-13H,1-5H2/t6-/m0/s1. The van der Waals surface area contributed by atoms with Crippen LogP contribution in [0.2, 0.25) is 0 Å². The number of nitrogens with one attached hydrogen (secondary N) is 3. The Balaban J connectivity index is 2.38. The van der Waals surface area contributed by atoms with E-state index in [1.807, 2.05) is 0 Å². The van der Waals surface area contributed by atoms with Crippen LogP contribution in [0.15, 0.2) is 0 Å². The molecule has 0 aromatic carbocycles. The molecule has 0 aliphatic carbocycles. The molecule has 1 saturated heterocycles. The summed E-state index contributed by atoms with van der Waals surface area (Å²) in [6.07, 6.45) is -3.12. The van der Waals surface area contributed by atoms with Crippen molar-refractivity contribution in [2.24, 2.45) is 0 Å². The molecule has 96 valence electrons. The highest BCUT2D eigenvalue weighted by atomic mass is 32.2. The van der Waals surface area contributed by atoms with Crippen LogP contribution in [0.1, 0.15) is 12.8 Å². The van der Waals surface area contributed by atoms with Gasteiger partial charge in [0.05, 0.1) is 0 Å². The predicted octanol–water partition coefficient (Wildman–Crippen LogP) is -0.275. The lowest BCUT2D eigenvalue weighted by atomic mass is 10.1. The first-order valence-corrected chi connectivity index (χ1v) is 6.31. The van der Waals surface area contributed by atoms with Crippen molar-refractivity contribution in [3.05, 3.63) is 0 Å². The number of hydrogen-bond donors (Lipinski definition) is 3. The van der Waals surface area contributed by atoms with E-state index in [2.05, 4.69) is 10.0 Å². The average Bonchev–Trinajstić information content (AvgIpc) is 2.15. The van der Waals surface area contributed by atoms with E-state index in [9.17, 15) is 21.6 Å². The van der Waals surface area contributed by atoms with E-state index in [-0.39, 0.29) is 6.04 Å². The number of alkyl halides is 3. The number of halogens is 3. The van der Waals surface area contributed by atoms with Crippen LogP contribution in [-0.2, 0) is 10.2 Å². The van der Waals surface area contributed by atoms with Crippen molar-refractivity contribution >= 4 is 10.2 Å².